The van der Waals surface area contributed by atoms with Crippen LogP contribution in [0.2, 0.25) is 0 Å². The third kappa shape index (κ3) is 4.99. The minimum absolute atomic E-state index is 0.0815. The number of ether oxygens (including phenoxy) is 3. The van der Waals surface area contributed by atoms with Crippen molar-refractivity contribution in [3.05, 3.63) is 58.7 Å². The summed E-state index contributed by atoms with van der Waals surface area (Å²) >= 11 is 0. The van der Waals surface area contributed by atoms with Crippen LogP contribution in [-0.2, 0) is 9.59 Å². The fourth-order valence-corrected chi connectivity index (χ4v) is 4.39. The highest BCUT2D eigenvalue weighted by atomic mass is 16.6. The molecule has 4 rings (SSSR count). The van der Waals surface area contributed by atoms with Crippen LogP contribution in [-0.4, -0.2) is 48.1 Å². The second kappa shape index (κ2) is 10.4. The molecular formula is C28H33NO6. The van der Waals surface area contributed by atoms with Crippen LogP contribution in [0, 0.1) is 12.8 Å². The highest BCUT2D eigenvalue weighted by Gasteiger charge is 2.46. The van der Waals surface area contributed by atoms with Gasteiger partial charge in [0.25, 0.3) is 11.7 Å². The number of amides is 1. The summed E-state index contributed by atoms with van der Waals surface area (Å²) in [6, 6.07) is 9.99. The van der Waals surface area contributed by atoms with E-state index in [0.29, 0.717) is 54.9 Å². The van der Waals surface area contributed by atoms with Crippen LogP contribution in [0.4, 0.5) is 0 Å². The fourth-order valence-electron chi connectivity index (χ4n) is 4.39. The Kier molecular flexibility index (Phi) is 7.34. The predicted octanol–water partition coefficient (Wildman–Crippen LogP) is 5.02. The molecule has 2 aromatic carbocycles. The van der Waals surface area contributed by atoms with Crippen molar-refractivity contribution >= 4 is 17.4 Å². The van der Waals surface area contributed by atoms with Gasteiger partial charge in [-0.1, -0.05) is 33.3 Å². The summed E-state index contributed by atoms with van der Waals surface area (Å²) in [4.78, 5) is 27.8. The molecule has 1 unspecified atom stereocenters. The number of Topliss-reactive ketones (excluding diaryl/α,β-unsaturated/α-hetero) is 1. The Hall–Kier alpha value is -3.48. The van der Waals surface area contributed by atoms with Crippen LogP contribution in [0.15, 0.2) is 42.0 Å². The number of rotatable bonds is 8. The number of aliphatic hydroxyl groups excluding tert-OH is 1. The smallest absolute Gasteiger partial charge is 0.295 e. The topological polar surface area (TPSA) is 85.3 Å². The molecule has 1 saturated heterocycles. The van der Waals surface area contributed by atoms with Crippen LogP contribution in [0.3, 0.4) is 0 Å². The quantitative estimate of drug-likeness (QED) is 0.325. The van der Waals surface area contributed by atoms with E-state index in [2.05, 4.69) is 13.8 Å². The Bertz CT molecular complexity index is 1150. The Morgan fingerprint density at radius 3 is 2.54 bits per heavy atom. The first-order valence-corrected chi connectivity index (χ1v) is 12.2. The van der Waals surface area contributed by atoms with Crippen molar-refractivity contribution in [2.24, 2.45) is 5.92 Å². The van der Waals surface area contributed by atoms with E-state index in [0.717, 1.165) is 24.2 Å². The zero-order chi connectivity index (χ0) is 25.1. The molecule has 0 saturated carbocycles. The predicted molar refractivity (Wildman–Crippen MR) is 133 cm³/mol. The molecule has 2 aliphatic rings. The number of benzene rings is 2. The molecule has 1 N–H and O–H groups in total. The third-order valence-corrected chi connectivity index (χ3v) is 6.20. The first-order valence-electron chi connectivity index (χ1n) is 12.2. The van der Waals surface area contributed by atoms with Gasteiger partial charge in [-0.3, -0.25) is 9.59 Å². The molecule has 0 aliphatic carbocycles. The number of fused-ring (bicyclic) bond motifs is 1. The van der Waals surface area contributed by atoms with E-state index < -0.39 is 17.7 Å². The lowest BCUT2D eigenvalue weighted by molar-refractivity contribution is -0.139. The largest absolute Gasteiger partial charge is 0.507 e. The van der Waals surface area contributed by atoms with E-state index in [1.165, 1.54) is 0 Å². The van der Waals surface area contributed by atoms with Gasteiger partial charge in [-0.05, 0) is 60.7 Å². The van der Waals surface area contributed by atoms with Gasteiger partial charge in [-0.15, -0.1) is 0 Å². The van der Waals surface area contributed by atoms with Crippen molar-refractivity contribution in [3.63, 3.8) is 0 Å². The van der Waals surface area contributed by atoms with Crippen molar-refractivity contribution in [1.82, 2.24) is 4.90 Å². The molecule has 2 aromatic rings. The number of carbonyl (C=O) groups is 2. The third-order valence-electron chi connectivity index (χ3n) is 6.20. The molecule has 35 heavy (non-hydrogen) atoms. The van der Waals surface area contributed by atoms with E-state index in [-0.39, 0.29) is 11.3 Å². The number of ketones is 1. The van der Waals surface area contributed by atoms with E-state index in [1.54, 1.807) is 35.2 Å². The summed E-state index contributed by atoms with van der Waals surface area (Å²) in [5.41, 5.74) is 2.08. The molecule has 186 valence electrons. The molecule has 1 atom stereocenters. The molecule has 2 heterocycles. The number of aliphatic hydroxyl groups is 1. The number of aryl methyl sites for hydroxylation is 1. The highest BCUT2D eigenvalue weighted by molar-refractivity contribution is 6.46. The normalized spacial score (nSPS) is 18.9. The number of hydrogen-bond donors (Lipinski definition) is 1. The van der Waals surface area contributed by atoms with Crippen molar-refractivity contribution in [2.45, 2.75) is 46.6 Å². The maximum Gasteiger partial charge on any atom is 0.295 e. The van der Waals surface area contributed by atoms with Crippen LogP contribution in [0.5, 0.6) is 17.2 Å². The molecule has 0 radical (unpaired) electrons. The fraction of sp³-hybridized carbons (Fsp3) is 0.429. The van der Waals surface area contributed by atoms with Crippen LogP contribution < -0.4 is 14.2 Å². The van der Waals surface area contributed by atoms with Crippen LogP contribution >= 0.6 is 0 Å². The molecule has 0 bridgehead atoms. The lowest BCUT2D eigenvalue weighted by Crippen LogP contribution is -2.30. The number of likely N-dealkylation sites (tertiary alicyclic amines) is 1. The van der Waals surface area contributed by atoms with Crippen molar-refractivity contribution in [1.29, 1.82) is 0 Å². The molecule has 7 nitrogen and oxygen atoms in total. The molecular weight excluding hydrogens is 446 g/mol. The molecule has 7 heteroatoms. The Morgan fingerprint density at radius 1 is 1.11 bits per heavy atom. The van der Waals surface area contributed by atoms with E-state index in [9.17, 15) is 14.7 Å². The van der Waals surface area contributed by atoms with Crippen molar-refractivity contribution < 1.29 is 28.9 Å². The van der Waals surface area contributed by atoms with Gasteiger partial charge >= 0.3 is 0 Å². The van der Waals surface area contributed by atoms with E-state index in [4.69, 9.17) is 14.2 Å². The maximum atomic E-state index is 13.2. The molecule has 1 fully saturated rings. The van der Waals surface area contributed by atoms with Gasteiger partial charge in [0.1, 0.15) is 24.7 Å². The van der Waals surface area contributed by atoms with E-state index >= 15 is 0 Å². The van der Waals surface area contributed by atoms with Crippen molar-refractivity contribution in [3.8, 4) is 17.2 Å². The van der Waals surface area contributed by atoms with Gasteiger partial charge in [-0.25, -0.2) is 0 Å². The lowest BCUT2D eigenvalue weighted by atomic mass is 9.94. The number of carbonyl (C=O) groups excluding carboxylic acids is 2. The molecule has 0 aromatic heterocycles. The monoisotopic (exact) mass is 479 g/mol. The minimum atomic E-state index is -0.713. The van der Waals surface area contributed by atoms with Crippen molar-refractivity contribution in [2.75, 3.05) is 26.4 Å². The molecule has 2 aliphatic heterocycles. The summed E-state index contributed by atoms with van der Waals surface area (Å²) in [5.74, 6) is 0.815. The highest BCUT2D eigenvalue weighted by Crippen LogP contribution is 2.43. The number of nitrogens with zero attached hydrogens (tertiary/aromatic N) is 1. The summed E-state index contributed by atoms with van der Waals surface area (Å²) in [5, 5.41) is 11.3. The van der Waals surface area contributed by atoms with Gasteiger partial charge in [-0.2, -0.15) is 0 Å². The lowest BCUT2D eigenvalue weighted by Gasteiger charge is -2.27. The van der Waals surface area contributed by atoms with Gasteiger partial charge in [0, 0.05) is 12.1 Å². The molecule has 0 spiro atoms. The summed E-state index contributed by atoms with van der Waals surface area (Å²) < 4.78 is 17.2. The summed E-state index contributed by atoms with van der Waals surface area (Å²) in [6.45, 7) is 9.97. The summed E-state index contributed by atoms with van der Waals surface area (Å²) in [6.07, 6.45) is 1.61. The zero-order valence-electron chi connectivity index (χ0n) is 20.8. The zero-order valence-corrected chi connectivity index (χ0v) is 20.8. The molecule has 1 amide bonds. The first-order chi connectivity index (χ1) is 16.8. The second-order valence-corrected chi connectivity index (χ2v) is 9.43. The summed E-state index contributed by atoms with van der Waals surface area (Å²) in [7, 11) is 0. The minimum Gasteiger partial charge on any atom is -0.507 e. The van der Waals surface area contributed by atoms with Gasteiger partial charge in [0.05, 0.1) is 18.2 Å². The van der Waals surface area contributed by atoms with Gasteiger partial charge < -0.3 is 24.2 Å². The Balaban J connectivity index is 1.78. The number of unbranched alkanes of at least 4 members (excludes halogenated alkanes) is 1. The Morgan fingerprint density at radius 2 is 1.86 bits per heavy atom. The average molecular weight is 480 g/mol. The maximum absolute atomic E-state index is 13.2. The van der Waals surface area contributed by atoms with E-state index in [1.807, 2.05) is 19.9 Å². The van der Waals surface area contributed by atoms with Crippen LogP contribution in [0.1, 0.15) is 56.3 Å². The van der Waals surface area contributed by atoms with Gasteiger partial charge in [0.2, 0.25) is 0 Å². The van der Waals surface area contributed by atoms with Crippen LogP contribution in [0.25, 0.3) is 5.76 Å². The SMILES string of the molecule is CCCCN1C(=O)C(=O)/C(=C(\O)c2ccc(OCC(C)C)c(C)c2)C1c1ccc2c(c1)OCCO2. The average Bonchev–Trinajstić information content (AvgIpc) is 3.10. The van der Waals surface area contributed by atoms with Gasteiger partial charge in [0.15, 0.2) is 11.5 Å². The Labute approximate surface area is 206 Å². The first kappa shape index (κ1) is 24.6. The standard InChI is InChI=1S/C28H33NO6/c1-5-6-11-29-25(19-7-10-22-23(15-19)34-13-12-33-22)24(27(31)28(29)32)26(30)20-8-9-21(18(4)14-20)35-16-17(2)3/h7-10,14-15,17,25,30H,5-6,11-13,16H2,1-4H3/b26-24-. The second-order valence-electron chi connectivity index (χ2n) is 9.43. The number of hydrogen-bond acceptors (Lipinski definition) is 6.